The number of para-hydroxylation sites is 5. The lowest BCUT2D eigenvalue weighted by molar-refractivity contribution is 0.438. The Morgan fingerprint density at radius 3 is 1.49 bits per heavy atom. The first-order chi connectivity index (χ1) is 29.3. The van der Waals surface area contributed by atoms with Crippen molar-refractivity contribution in [2.75, 3.05) is 9.80 Å². The van der Waals surface area contributed by atoms with E-state index in [1.54, 1.807) is 0 Å². The molecule has 0 saturated carbocycles. The Kier molecular flexibility index (Phi) is 7.41. The van der Waals surface area contributed by atoms with Crippen LogP contribution in [0, 0.1) is 0 Å². The van der Waals surface area contributed by atoms with E-state index in [0.29, 0.717) is 0 Å². The van der Waals surface area contributed by atoms with Crippen LogP contribution in [0.4, 0.5) is 34.1 Å². The summed E-state index contributed by atoms with van der Waals surface area (Å²) < 4.78 is 13.8. The smallest absolute Gasteiger partial charge is 0.158 e. The molecule has 0 radical (unpaired) electrons. The van der Waals surface area contributed by atoms with Gasteiger partial charge in [0, 0.05) is 44.6 Å². The van der Waals surface area contributed by atoms with Crippen molar-refractivity contribution in [3.05, 3.63) is 241 Å². The van der Waals surface area contributed by atoms with E-state index in [1.165, 1.54) is 22.3 Å². The number of anilines is 6. The second kappa shape index (κ2) is 13.1. The summed E-state index contributed by atoms with van der Waals surface area (Å²) in [7, 11) is 0. The summed E-state index contributed by atoms with van der Waals surface area (Å²) in [4.78, 5) is 4.73. The van der Waals surface area contributed by atoms with Gasteiger partial charge < -0.3 is 19.0 Å². The normalized spacial score (nSPS) is 13.0. The first-order valence-corrected chi connectivity index (χ1v) is 20.1. The van der Waals surface area contributed by atoms with Crippen LogP contribution < -0.4 is 14.5 Å². The van der Waals surface area contributed by atoms with E-state index in [1.807, 2.05) is 12.1 Å². The fourth-order valence-corrected chi connectivity index (χ4v) is 9.73. The maximum absolute atomic E-state index is 7.47. The molecule has 0 bridgehead atoms. The molecule has 59 heavy (non-hydrogen) atoms. The minimum atomic E-state index is -0.739. The highest BCUT2D eigenvalue weighted by atomic mass is 16.5. The highest BCUT2D eigenvalue weighted by Crippen LogP contribution is 2.66. The number of hydrogen-bond donors (Lipinski definition) is 0. The van der Waals surface area contributed by atoms with Crippen LogP contribution in [0.25, 0.3) is 33.1 Å². The molecular formula is C55H36N2O2. The van der Waals surface area contributed by atoms with Crippen LogP contribution in [0.5, 0.6) is 11.5 Å². The molecule has 0 atom stereocenters. The standard InChI is InChI=1S/C55H36N2O2/c1-4-18-37(19-5-1)56(38-20-6-2-7-21-38)48-33-34-49(57(39-22-8-3-9-23-39)40-32-35-51-44(36-40)43-26-12-16-30-50(43)58-51)54-53(48)55(47-29-15-17-31-52(47)59-54)45-27-13-10-24-41(45)42-25-11-14-28-46(42)55/h1-36H. The lowest BCUT2D eigenvalue weighted by Gasteiger charge is -2.44. The largest absolute Gasteiger partial charge is 0.456 e. The monoisotopic (exact) mass is 756 g/mol. The highest BCUT2D eigenvalue weighted by molar-refractivity contribution is 6.07. The van der Waals surface area contributed by atoms with Crippen LogP contribution in [0.15, 0.2) is 223 Å². The van der Waals surface area contributed by atoms with Crippen molar-refractivity contribution >= 4 is 56.1 Å². The Morgan fingerprint density at radius 1 is 0.356 bits per heavy atom. The molecule has 12 rings (SSSR count). The fraction of sp³-hybridized carbons (Fsp3) is 0.0182. The van der Waals surface area contributed by atoms with E-state index in [2.05, 4.69) is 216 Å². The number of rotatable bonds is 6. The average Bonchev–Trinajstić information content (AvgIpc) is 3.82. The van der Waals surface area contributed by atoms with Crippen LogP contribution in [0.1, 0.15) is 22.3 Å². The zero-order chi connectivity index (χ0) is 38.9. The van der Waals surface area contributed by atoms with Gasteiger partial charge in [0.1, 0.15) is 16.9 Å². The molecule has 1 aliphatic heterocycles. The van der Waals surface area contributed by atoms with Crippen molar-refractivity contribution in [1.29, 1.82) is 0 Å². The van der Waals surface area contributed by atoms with Crippen LogP contribution in [0.3, 0.4) is 0 Å². The molecule has 10 aromatic rings. The molecule has 0 saturated heterocycles. The van der Waals surface area contributed by atoms with Gasteiger partial charge in [-0.05, 0) is 101 Å². The van der Waals surface area contributed by atoms with Crippen LogP contribution in [-0.2, 0) is 5.41 Å². The highest BCUT2D eigenvalue weighted by Gasteiger charge is 2.53. The summed E-state index contributed by atoms with van der Waals surface area (Å²) in [5.74, 6) is 1.63. The van der Waals surface area contributed by atoms with E-state index < -0.39 is 5.41 Å². The maximum Gasteiger partial charge on any atom is 0.158 e. The van der Waals surface area contributed by atoms with Crippen molar-refractivity contribution in [2.24, 2.45) is 0 Å². The van der Waals surface area contributed by atoms with Gasteiger partial charge in [-0.25, -0.2) is 0 Å². The SMILES string of the molecule is c1ccc(N(c2ccc3oc4ccccc4c3c2)c2ccc(N(c3ccccc3)c3ccccc3)c3c2Oc2ccccc2C32c3ccccc3-c3ccccc32)cc1. The third kappa shape index (κ3) is 4.90. The molecule has 0 fully saturated rings. The molecule has 0 unspecified atom stereocenters. The Morgan fingerprint density at radius 2 is 0.847 bits per heavy atom. The van der Waals surface area contributed by atoms with Gasteiger partial charge in [0.2, 0.25) is 0 Å². The predicted octanol–water partition coefficient (Wildman–Crippen LogP) is 15.0. The van der Waals surface area contributed by atoms with E-state index in [0.717, 1.165) is 78.7 Å². The Labute approximate surface area is 342 Å². The van der Waals surface area contributed by atoms with E-state index >= 15 is 0 Å². The summed E-state index contributed by atoms with van der Waals surface area (Å²) in [6, 6.07) is 77.8. The molecule has 9 aromatic carbocycles. The van der Waals surface area contributed by atoms with Crippen molar-refractivity contribution in [1.82, 2.24) is 0 Å². The maximum atomic E-state index is 7.47. The van der Waals surface area contributed by atoms with E-state index in [-0.39, 0.29) is 0 Å². The van der Waals surface area contributed by atoms with Gasteiger partial charge in [-0.2, -0.15) is 0 Å². The third-order valence-electron chi connectivity index (χ3n) is 12.1. The number of benzene rings is 9. The number of hydrogen-bond acceptors (Lipinski definition) is 4. The van der Waals surface area contributed by atoms with Crippen LogP contribution in [0.2, 0.25) is 0 Å². The molecule has 2 aliphatic rings. The quantitative estimate of drug-likeness (QED) is 0.169. The van der Waals surface area contributed by atoms with Crippen LogP contribution >= 0.6 is 0 Å². The number of furan rings is 1. The second-order valence-electron chi connectivity index (χ2n) is 15.2. The summed E-state index contributed by atoms with van der Waals surface area (Å²) >= 11 is 0. The zero-order valence-corrected chi connectivity index (χ0v) is 32.0. The molecule has 1 aromatic heterocycles. The Bertz CT molecular complexity index is 3120. The molecule has 1 spiro atoms. The third-order valence-corrected chi connectivity index (χ3v) is 12.1. The van der Waals surface area contributed by atoms with Crippen LogP contribution in [-0.4, -0.2) is 0 Å². The number of nitrogens with zero attached hydrogens (tertiary/aromatic N) is 2. The average molecular weight is 757 g/mol. The summed E-state index contributed by atoms with van der Waals surface area (Å²) in [6.45, 7) is 0. The van der Waals surface area contributed by atoms with Crippen molar-refractivity contribution in [3.63, 3.8) is 0 Å². The zero-order valence-electron chi connectivity index (χ0n) is 32.0. The molecule has 0 N–H and O–H groups in total. The molecule has 1 aliphatic carbocycles. The van der Waals surface area contributed by atoms with E-state index in [9.17, 15) is 0 Å². The topological polar surface area (TPSA) is 28.9 Å². The molecule has 278 valence electrons. The minimum Gasteiger partial charge on any atom is -0.456 e. The number of fused-ring (bicyclic) bond motifs is 12. The van der Waals surface area contributed by atoms with Gasteiger partial charge in [0.15, 0.2) is 5.75 Å². The summed E-state index contributed by atoms with van der Waals surface area (Å²) in [5, 5.41) is 2.14. The summed E-state index contributed by atoms with van der Waals surface area (Å²) in [5.41, 5.74) is 14.2. The summed E-state index contributed by atoms with van der Waals surface area (Å²) in [6.07, 6.45) is 0. The Balaban J connectivity index is 1.24. The van der Waals surface area contributed by atoms with E-state index in [4.69, 9.17) is 9.15 Å². The number of ether oxygens (including phenoxy) is 1. The van der Waals surface area contributed by atoms with Crippen molar-refractivity contribution in [2.45, 2.75) is 5.41 Å². The van der Waals surface area contributed by atoms with Gasteiger partial charge >= 0.3 is 0 Å². The second-order valence-corrected chi connectivity index (χ2v) is 15.2. The Hall–Kier alpha value is -7.82. The van der Waals surface area contributed by atoms with Gasteiger partial charge in [0.05, 0.1) is 16.8 Å². The molecule has 4 heteroatoms. The first kappa shape index (κ1) is 33.3. The first-order valence-electron chi connectivity index (χ1n) is 20.1. The molecular weight excluding hydrogens is 721 g/mol. The lowest BCUT2D eigenvalue weighted by Crippen LogP contribution is -2.34. The lowest BCUT2D eigenvalue weighted by atomic mass is 9.65. The molecule has 4 nitrogen and oxygen atoms in total. The van der Waals surface area contributed by atoms with Gasteiger partial charge in [0.25, 0.3) is 0 Å². The van der Waals surface area contributed by atoms with Gasteiger partial charge in [-0.15, -0.1) is 0 Å². The van der Waals surface area contributed by atoms with Gasteiger partial charge in [-0.1, -0.05) is 140 Å². The molecule has 0 amide bonds. The van der Waals surface area contributed by atoms with Crippen molar-refractivity contribution in [3.8, 4) is 22.6 Å². The van der Waals surface area contributed by atoms with Gasteiger partial charge in [-0.3, -0.25) is 0 Å². The fourth-order valence-electron chi connectivity index (χ4n) is 9.73. The predicted molar refractivity (Wildman–Crippen MR) is 240 cm³/mol. The minimum absolute atomic E-state index is 0.739. The van der Waals surface area contributed by atoms with Crippen molar-refractivity contribution < 1.29 is 9.15 Å². The molecule has 2 heterocycles.